The Hall–Kier alpha value is -1.60. The van der Waals surface area contributed by atoms with Gasteiger partial charge in [0, 0.05) is 12.6 Å². The van der Waals surface area contributed by atoms with Crippen molar-refractivity contribution in [2.24, 2.45) is 7.05 Å². The average Bonchev–Trinajstić information content (AvgIpc) is 2.56. The van der Waals surface area contributed by atoms with E-state index in [1.165, 1.54) is 5.56 Å². The van der Waals surface area contributed by atoms with Crippen LogP contribution in [-0.2, 0) is 7.05 Å². The number of hydrogen-bond acceptors (Lipinski definition) is 2. The molecule has 2 rings (SSSR count). The van der Waals surface area contributed by atoms with Gasteiger partial charge in [0.1, 0.15) is 16.5 Å². The summed E-state index contributed by atoms with van der Waals surface area (Å²) in [7, 11) is 1.88. The third kappa shape index (κ3) is 1.74. The van der Waals surface area contributed by atoms with Gasteiger partial charge < -0.3 is 4.57 Å². The fourth-order valence-corrected chi connectivity index (χ4v) is 1.94. The highest BCUT2D eigenvalue weighted by molar-refractivity contribution is 9.10. The molecular weight excluding hydrogens is 266 g/mol. The fraction of sp³-hybridized carbons (Fsp3) is 0.167. The molecule has 1 heterocycles. The normalized spacial score (nSPS) is 10.1. The van der Waals surface area contributed by atoms with Crippen LogP contribution in [-0.4, -0.2) is 9.55 Å². The molecule has 3 nitrogen and oxygen atoms in total. The van der Waals surface area contributed by atoms with Gasteiger partial charge in [-0.15, -0.1) is 0 Å². The van der Waals surface area contributed by atoms with E-state index in [4.69, 9.17) is 5.26 Å². The van der Waals surface area contributed by atoms with Gasteiger partial charge in [0.15, 0.2) is 5.69 Å². The number of benzene rings is 1. The van der Waals surface area contributed by atoms with E-state index in [0.29, 0.717) is 10.3 Å². The molecule has 0 saturated carbocycles. The summed E-state index contributed by atoms with van der Waals surface area (Å²) in [6, 6.07) is 10.1. The minimum atomic E-state index is 0.416. The molecule has 0 amide bonds. The smallest absolute Gasteiger partial charge is 0.173 e. The molecular formula is C12H10BrN3. The maximum absolute atomic E-state index is 8.90. The number of aryl methyl sites for hydroxylation is 1. The molecule has 0 saturated heterocycles. The van der Waals surface area contributed by atoms with Crippen LogP contribution in [0.2, 0.25) is 0 Å². The molecule has 0 spiro atoms. The summed E-state index contributed by atoms with van der Waals surface area (Å²) in [4.78, 5) is 4.29. The molecule has 0 aliphatic carbocycles. The number of halogens is 1. The van der Waals surface area contributed by atoms with Crippen molar-refractivity contribution < 1.29 is 0 Å². The van der Waals surface area contributed by atoms with Gasteiger partial charge in [-0.1, -0.05) is 23.8 Å². The topological polar surface area (TPSA) is 41.6 Å². The van der Waals surface area contributed by atoms with E-state index in [2.05, 4.69) is 33.0 Å². The molecule has 0 fully saturated rings. The first-order chi connectivity index (χ1) is 7.63. The summed E-state index contributed by atoms with van der Waals surface area (Å²) in [5, 5.41) is 8.90. The van der Waals surface area contributed by atoms with Crippen LogP contribution in [0.25, 0.3) is 11.4 Å². The van der Waals surface area contributed by atoms with E-state index in [1.807, 2.05) is 36.7 Å². The largest absolute Gasteiger partial charge is 0.321 e. The van der Waals surface area contributed by atoms with Crippen LogP contribution in [0.1, 0.15) is 11.3 Å². The van der Waals surface area contributed by atoms with Crippen LogP contribution in [0.15, 0.2) is 28.9 Å². The van der Waals surface area contributed by atoms with Crippen LogP contribution in [0.4, 0.5) is 0 Å². The Labute approximate surface area is 102 Å². The zero-order valence-electron chi connectivity index (χ0n) is 9.03. The Morgan fingerprint density at radius 3 is 2.75 bits per heavy atom. The van der Waals surface area contributed by atoms with Crippen molar-refractivity contribution in [2.75, 3.05) is 0 Å². The zero-order chi connectivity index (χ0) is 11.7. The molecule has 0 unspecified atom stereocenters. The van der Waals surface area contributed by atoms with Crippen molar-refractivity contribution in [3.63, 3.8) is 0 Å². The lowest BCUT2D eigenvalue weighted by Gasteiger charge is -2.03. The van der Waals surface area contributed by atoms with Crippen molar-refractivity contribution >= 4 is 15.9 Å². The second kappa shape index (κ2) is 4.11. The second-order valence-electron chi connectivity index (χ2n) is 3.62. The predicted molar refractivity (Wildman–Crippen MR) is 65.8 cm³/mol. The number of rotatable bonds is 1. The summed E-state index contributed by atoms with van der Waals surface area (Å²) in [5.41, 5.74) is 2.61. The maximum Gasteiger partial charge on any atom is 0.173 e. The van der Waals surface area contributed by atoms with E-state index >= 15 is 0 Å². The van der Waals surface area contributed by atoms with E-state index in [-0.39, 0.29) is 0 Å². The van der Waals surface area contributed by atoms with Crippen molar-refractivity contribution in [1.29, 1.82) is 5.26 Å². The van der Waals surface area contributed by atoms with Crippen molar-refractivity contribution in [1.82, 2.24) is 9.55 Å². The quantitative estimate of drug-likeness (QED) is 0.803. The molecule has 0 N–H and O–H groups in total. The maximum atomic E-state index is 8.90. The molecule has 0 aliphatic rings. The molecule has 4 heteroatoms. The first-order valence-corrected chi connectivity index (χ1v) is 5.62. The Balaban J connectivity index is 2.62. The lowest BCUT2D eigenvalue weighted by molar-refractivity contribution is 0.901. The van der Waals surface area contributed by atoms with Gasteiger partial charge in [-0.3, -0.25) is 0 Å². The van der Waals surface area contributed by atoms with E-state index < -0.39 is 0 Å². The highest BCUT2D eigenvalue weighted by Crippen LogP contribution is 2.25. The van der Waals surface area contributed by atoms with Gasteiger partial charge in [0.2, 0.25) is 0 Å². The number of imidazole rings is 1. The molecule has 0 aliphatic heterocycles. The Bertz CT molecular complexity index is 578. The van der Waals surface area contributed by atoms with Gasteiger partial charge in [-0.05, 0) is 28.9 Å². The molecule has 80 valence electrons. The first-order valence-electron chi connectivity index (χ1n) is 4.83. The van der Waals surface area contributed by atoms with Gasteiger partial charge in [-0.2, -0.15) is 5.26 Å². The monoisotopic (exact) mass is 275 g/mol. The number of aromatic nitrogens is 2. The van der Waals surface area contributed by atoms with Gasteiger partial charge in [-0.25, -0.2) is 4.98 Å². The molecule has 1 aromatic heterocycles. The van der Waals surface area contributed by atoms with Crippen LogP contribution in [0.5, 0.6) is 0 Å². The summed E-state index contributed by atoms with van der Waals surface area (Å²) in [5.74, 6) is 0.798. The van der Waals surface area contributed by atoms with Gasteiger partial charge >= 0.3 is 0 Å². The molecule has 0 atom stereocenters. The van der Waals surface area contributed by atoms with Crippen molar-refractivity contribution in [3.05, 3.63) is 40.1 Å². The summed E-state index contributed by atoms with van der Waals surface area (Å²) >= 11 is 3.35. The molecule has 0 radical (unpaired) electrons. The molecule has 0 bridgehead atoms. The van der Waals surface area contributed by atoms with Crippen LogP contribution in [0, 0.1) is 18.3 Å². The predicted octanol–water partition coefficient (Wildman–Crippen LogP) is 3.03. The molecule has 1 aromatic carbocycles. The third-order valence-electron chi connectivity index (χ3n) is 2.41. The fourth-order valence-electron chi connectivity index (χ4n) is 1.59. The lowest BCUT2D eigenvalue weighted by atomic mass is 10.1. The molecule has 16 heavy (non-hydrogen) atoms. The highest BCUT2D eigenvalue weighted by atomic mass is 79.9. The van der Waals surface area contributed by atoms with Gasteiger partial charge in [0.05, 0.1) is 0 Å². The minimum Gasteiger partial charge on any atom is -0.321 e. The third-order valence-corrected chi connectivity index (χ3v) is 3.31. The SMILES string of the molecule is Cc1cccc(-c2nc(C#N)c(Br)n2C)c1. The minimum absolute atomic E-state index is 0.416. The summed E-state index contributed by atoms with van der Waals surface area (Å²) in [6.45, 7) is 2.03. The second-order valence-corrected chi connectivity index (χ2v) is 4.37. The Morgan fingerprint density at radius 2 is 2.19 bits per heavy atom. The summed E-state index contributed by atoms with van der Waals surface area (Å²) in [6.07, 6.45) is 0. The zero-order valence-corrected chi connectivity index (χ0v) is 10.6. The standard InChI is InChI=1S/C12H10BrN3/c1-8-4-3-5-9(6-8)12-15-10(7-14)11(13)16(12)2/h3-6H,1-2H3. The highest BCUT2D eigenvalue weighted by Gasteiger charge is 2.13. The molecule has 2 aromatic rings. The van der Waals surface area contributed by atoms with E-state index in [0.717, 1.165) is 11.4 Å². The van der Waals surface area contributed by atoms with Crippen molar-refractivity contribution in [3.8, 4) is 17.5 Å². The Kier molecular flexibility index (Phi) is 2.80. The van der Waals surface area contributed by atoms with E-state index in [1.54, 1.807) is 0 Å². The lowest BCUT2D eigenvalue weighted by Crippen LogP contribution is -1.92. The summed E-state index contributed by atoms with van der Waals surface area (Å²) < 4.78 is 2.58. The van der Waals surface area contributed by atoms with Crippen LogP contribution >= 0.6 is 15.9 Å². The number of nitriles is 1. The number of hydrogen-bond donors (Lipinski definition) is 0. The van der Waals surface area contributed by atoms with Gasteiger partial charge in [0.25, 0.3) is 0 Å². The first kappa shape index (κ1) is 10.9. The Morgan fingerprint density at radius 1 is 1.44 bits per heavy atom. The average molecular weight is 276 g/mol. The van der Waals surface area contributed by atoms with Crippen molar-refractivity contribution in [2.45, 2.75) is 6.92 Å². The van der Waals surface area contributed by atoms with E-state index in [9.17, 15) is 0 Å². The van der Waals surface area contributed by atoms with Crippen LogP contribution < -0.4 is 0 Å². The van der Waals surface area contributed by atoms with Crippen LogP contribution in [0.3, 0.4) is 0 Å². The number of nitrogens with zero attached hydrogens (tertiary/aromatic N) is 3.